The number of benzene rings is 1. The van der Waals surface area contributed by atoms with E-state index in [0.29, 0.717) is 52.3 Å². The van der Waals surface area contributed by atoms with Crippen LogP contribution in [0.2, 0.25) is 0 Å². The molecule has 38 heavy (non-hydrogen) atoms. The molecular formula is C29H44N4O5. The topological polar surface area (TPSA) is 116 Å². The second kappa shape index (κ2) is 12.0. The molecule has 1 aromatic rings. The van der Waals surface area contributed by atoms with Crippen molar-refractivity contribution in [2.75, 3.05) is 52.4 Å². The molecule has 9 heteroatoms. The van der Waals surface area contributed by atoms with E-state index in [0.717, 1.165) is 42.6 Å². The number of fused-ring (bicyclic) bond motifs is 1. The van der Waals surface area contributed by atoms with E-state index in [-0.39, 0.29) is 35.7 Å². The third-order valence-corrected chi connectivity index (χ3v) is 8.61. The van der Waals surface area contributed by atoms with Gasteiger partial charge in [-0.2, -0.15) is 0 Å². The molecule has 3 heterocycles. The summed E-state index contributed by atoms with van der Waals surface area (Å²) in [5, 5.41) is 10.5. The Hall–Kier alpha value is -2.65. The average molecular weight is 529 g/mol. The van der Waals surface area contributed by atoms with E-state index in [1.165, 1.54) is 0 Å². The summed E-state index contributed by atoms with van der Waals surface area (Å²) in [6, 6.07) is 5.65. The lowest BCUT2D eigenvalue weighted by molar-refractivity contribution is -0.144. The van der Waals surface area contributed by atoms with E-state index in [4.69, 9.17) is 10.5 Å². The smallest absolute Gasteiger partial charge is 0.308 e. The van der Waals surface area contributed by atoms with Gasteiger partial charge in [0.25, 0.3) is 0 Å². The lowest BCUT2D eigenvalue weighted by atomic mass is 9.83. The van der Waals surface area contributed by atoms with Gasteiger partial charge in [0, 0.05) is 63.1 Å². The molecular weight excluding hydrogens is 484 g/mol. The molecule has 0 radical (unpaired) electrons. The highest BCUT2D eigenvalue weighted by Gasteiger charge is 2.48. The predicted molar refractivity (Wildman–Crippen MR) is 145 cm³/mol. The van der Waals surface area contributed by atoms with Crippen LogP contribution in [0.1, 0.15) is 63.5 Å². The van der Waals surface area contributed by atoms with Gasteiger partial charge >= 0.3 is 5.97 Å². The van der Waals surface area contributed by atoms with Crippen LogP contribution in [0.3, 0.4) is 0 Å². The van der Waals surface area contributed by atoms with Crippen molar-refractivity contribution in [1.29, 1.82) is 0 Å². The zero-order chi connectivity index (χ0) is 27.4. The number of likely N-dealkylation sites (tertiary alicyclic amines) is 2. The monoisotopic (exact) mass is 528 g/mol. The van der Waals surface area contributed by atoms with Crippen molar-refractivity contribution in [3.8, 4) is 5.75 Å². The summed E-state index contributed by atoms with van der Waals surface area (Å²) < 4.78 is 5.66. The third-order valence-electron chi connectivity index (χ3n) is 8.61. The van der Waals surface area contributed by atoms with E-state index >= 15 is 0 Å². The van der Waals surface area contributed by atoms with Gasteiger partial charge in [0.1, 0.15) is 5.75 Å². The molecule has 4 rings (SSSR count). The zero-order valence-corrected chi connectivity index (χ0v) is 23.2. The summed E-state index contributed by atoms with van der Waals surface area (Å²) in [6.07, 6.45) is 4.01. The molecule has 3 N–H and O–H groups in total. The second-order valence-corrected chi connectivity index (χ2v) is 11.7. The number of hydrogen-bond acceptors (Lipinski definition) is 6. The molecule has 3 aliphatic heterocycles. The average Bonchev–Trinajstić information content (AvgIpc) is 3.56. The molecule has 0 aromatic heterocycles. The molecule has 0 saturated carbocycles. The lowest BCUT2D eigenvalue weighted by Gasteiger charge is -2.31. The Bertz CT molecular complexity index is 1030. The first-order valence-corrected chi connectivity index (χ1v) is 14.2. The third kappa shape index (κ3) is 5.99. The van der Waals surface area contributed by atoms with Crippen molar-refractivity contribution in [1.82, 2.24) is 14.7 Å². The molecule has 2 saturated heterocycles. The molecule has 210 valence electrons. The number of nitrogens with zero attached hydrogens (tertiary/aromatic N) is 3. The number of aliphatic carboxylic acids is 1. The number of carboxylic acid groups (broad SMARTS) is 1. The van der Waals surface area contributed by atoms with E-state index in [1.807, 2.05) is 35.8 Å². The SMILES string of the molecule is CCCCN(CCN)C(=O)CN1C[C@H](c2ccc3c(c2)CCO3)[C@@H](C(=O)O)[C@@H]1CCN1CCC(C)(C)C1=O. The van der Waals surface area contributed by atoms with E-state index < -0.39 is 11.9 Å². The normalized spacial score (nSPS) is 24.5. The summed E-state index contributed by atoms with van der Waals surface area (Å²) in [5.74, 6) is -0.809. The van der Waals surface area contributed by atoms with Gasteiger partial charge in [-0.15, -0.1) is 0 Å². The molecule has 0 unspecified atom stereocenters. The number of rotatable bonds is 12. The fourth-order valence-electron chi connectivity index (χ4n) is 6.32. The summed E-state index contributed by atoms with van der Waals surface area (Å²) in [4.78, 5) is 44.8. The molecule has 2 fully saturated rings. The quantitative estimate of drug-likeness (QED) is 0.428. The van der Waals surface area contributed by atoms with Crippen molar-refractivity contribution in [3.05, 3.63) is 29.3 Å². The van der Waals surface area contributed by atoms with Crippen LogP contribution in [0.5, 0.6) is 5.75 Å². The lowest BCUT2D eigenvalue weighted by Crippen LogP contribution is -2.46. The van der Waals surface area contributed by atoms with Crippen molar-refractivity contribution in [2.45, 2.75) is 64.8 Å². The number of carbonyl (C=O) groups is 3. The minimum absolute atomic E-state index is 0.0144. The maximum atomic E-state index is 13.4. The van der Waals surface area contributed by atoms with Gasteiger partial charge in [-0.1, -0.05) is 39.3 Å². The van der Waals surface area contributed by atoms with Crippen LogP contribution in [0.4, 0.5) is 0 Å². The Labute approximate surface area is 226 Å². The largest absolute Gasteiger partial charge is 0.493 e. The maximum Gasteiger partial charge on any atom is 0.308 e. The van der Waals surface area contributed by atoms with Crippen molar-refractivity contribution < 1.29 is 24.2 Å². The molecule has 0 aliphatic carbocycles. The van der Waals surface area contributed by atoms with Gasteiger partial charge in [-0.3, -0.25) is 19.3 Å². The standard InChI is InChI=1S/C29H44N4O5/c1-4-5-12-31(15-11-30)25(34)19-33-18-22(20-6-7-24-21(17-20)9-16-38-24)26(27(35)36)23(33)8-13-32-14-10-29(2,3)28(32)37/h6-7,17,22-23,26H,4-5,8-16,18-19,30H2,1-3H3,(H,35,36)/t22-,23+,26-/m1/s1. The Balaban J connectivity index is 1.58. The summed E-state index contributed by atoms with van der Waals surface area (Å²) in [6.45, 7) is 10.0. The number of unbranched alkanes of at least 4 members (excludes halogenated alkanes) is 1. The van der Waals surface area contributed by atoms with Gasteiger partial charge in [-0.25, -0.2) is 0 Å². The fourth-order valence-corrected chi connectivity index (χ4v) is 6.32. The highest BCUT2D eigenvalue weighted by atomic mass is 16.5. The number of amides is 2. The zero-order valence-electron chi connectivity index (χ0n) is 23.2. The first kappa shape index (κ1) is 28.4. The Morgan fingerprint density at radius 1 is 1.26 bits per heavy atom. The number of hydrogen-bond donors (Lipinski definition) is 2. The highest BCUT2D eigenvalue weighted by molar-refractivity contribution is 5.84. The summed E-state index contributed by atoms with van der Waals surface area (Å²) in [7, 11) is 0. The summed E-state index contributed by atoms with van der Waals surface area (Å²) >= 11 is 0. The van der Waals surface area contributed by atoms with E-state index in [1.54, 1.807) is 0 Å². The van der Waals surface area contributed by atoms with Crippen LogP contribution in [0.15, 0.2) is 18.2 Å². The van der Waals surface area contributed by atoms with E-state index in [2.05, 4.69) is 17.9 Å². The molecule has 2 amide bonds. The van der Waals surface area contributed by atoms with Crippen molar-refractivity contribution >= 4 is 17.8 Å². The van der Waals surface area contributed by atoms with Crippen LogP contribution in [0, 0.1) is 11.3 Å². The Morgan fingerprint density at radius 2 is 2.05 bits per heavy atom. The van der Waals surface area contributed by atoms with Crippen LogP contribution in [0.25, 0.3) is 0 Å². The van der Waals surface area contributed by atoms with Gasteiger partial charge in [0.2, 0.25) is 11.8 Å². The van der Waals surface area contributed by atoms with Crippen molar-refractivity contribution in [3.63, 3.8) is 0 Å². The van der Waals surface area contributed by atoms with Crippen LogP contribution in [-0.2, 0) is 20.8 Å². The summed E-state index contributed by atoms with van der Waals surface area (Å²) in [5.41, 5.74) is 7.50. The van der Waals surface area contributed by atoms with Crippen LogP contribution in [-0.4, -0.2) is 96.1 Å². The Kier molecular flexibility index (Phi) is 8.98. The Morgan fingerprint density at radius 3 is 2.71 bits per heavy atom. The predicted octanol–water partition coefficient (Wildman–Crippen LogP) is 2.33. The van der Waals surface area contributed by atoms with Gasteiger partial charge < -0.3 is 25.4 Å². The minimum Gasteiger partial charge on any atom is -0.493 e. The molecule has 3 aliphatic rings. The fraction of sp³-hybridized carbons (Fsp3) is 0.690. The first-order valence-electron chi connectivity index (χ1n) is 14.2. The number of carboxylic acids is 1. The van der Waals surface area contributed by atoms with Crippen molar-refractivity contribution in [2.24, 2.45) is 17.1 Å². The van der Waals surface area contributed by atoms with Crippen LogP contribution < -0.4 is 10.5 Å². The number of carbonyl (C=O) groups excluding carboxylic acids is 2. The van der Waals surface area contributed by atoms with Crippen LogP contribution >= 0.6 is 0 Å². The molecule has 9 nitrogen and oxygen atoms in total. The first-order chi connectivity index (χ1) is 18.2. The second-order valence-electron chi connectivity index (χ2n) is 11.7. The van der Waals surface area contributed by atoms with Gasteiger partial charge in [0.15, 0.2) is 0 Å². The maximum absolute atomic E-state index is 13.4. The molecule has 1 aromatic carbocycles. The number of nitrogens with two attached hydrogens (primary N) is 1. The molecule has 0 bridgehead atoms. The van der Waals surface area contributed by atoms with E-state index in [9.17, 15) is 19.5 Å². The van der Waals surface area contributed by atoms with Gasteiger partial charge in [0.05, 0.1) is 19.1 Å². The molecule has 3 atom stereocenters. The van der Waals surface area contributed by atoms with Gasteiger partial charge in [-0.05, 0) is 36.5 Å². The highest BCUT2D eigenvalue weighted by Crippen LogP contribution is 2.41. The minimum atomic E-state index is -0.857. The number of ether oxygens (including phenoxy) is 1. The molecule has 0 spiro atoms.